The number of piperazine rings is 1. The summed E-state index contributed by atoms with van der Waals surface area (Å²) < 4.78 is 81.8. The molecule has 3 rings (SSSR count). The number of ether oxygens (including phenoxy) is 1. The third-order valence-corrected chi connectivity index (χ3v) is 4.99. The Bertz CT molecular complexity index is 1050. The number of nitrogens with one attached hydrogen (secondary N) is 1. The summed E-state index contributed by atoms with van der Waals surface area (Å²) in [6.07, 6.45) is -9.34. The number of anilines is 1. The minimum atomic E-state index is -4.87. The SMILES string of the molecule is O=C(O[C@@H](CO)Cc1c[nH]c(=O)c(C(F)(F)F)c1)N1CCN(c2ncc(C(F)(F)F)cn2)CC1. The number of aromatic amines is 1. The van der Waals surface area contributed by atoms with Crippen molar-refractivity contribution in [2.24, 2.45) is 0 Å². The van der Waals surface area contributed by atoms with Crippen molar-refractivity contribution < 1.29 is 41.0 Å². The van der Waals surface area contributed by atoms with Crippen LogP contribution in [0.15, 0.2) is 29.5 Å². The van der Waals surface area contributed by atoms with Crippen molar-refractivity contribution >= 4 is 12.0 Å². The second-order valence-corrected chi connectivity index (χ2v) is 7.38. The van der Waals surface area contributed by atoms with Gasteiger partial charge in [0.05, 0.1) is 12.2 Å². The molecule has 1 aliphatic heterocycles. The van der Waals surface area contributed by atoms with Crippen LogP contribution >= 0.6 is 0 Å². The van der Waals surface area contributed by atoms with Crippen molar-refractivity contribution in [2.45, 2.75) is 24.9 Å². The lowest BCUT2D eigenvalue weighted by molar-refractivity contribution is -0.139. The summed E-state index contributed by atoms with van der Waals surface area (Å²) in [5.74, 6) is 0.0628. The van der Waals surface area contributed by atoms with Gasteiger partial charge < -0.3 is 24.6 Å². The maximum atomic E-state index is 12.9. The Kier molecular flexibility index (Phi) is 7.33. The van der Waals surface area contributed by atoms with E-state index >= 15 is 0 Å². The predicted molar refractivity (Wildman–Crippen MR) is 104 cm³/mol. The zero-order valence-electron chi connectivity index (χ0n) is 17.4. The number of hydrogen-bond acceptors (Lipinski definition) is 7. The van der Waals surface area contributed by atoms with Crippen LogP contribution in [-0.2, 0) is 23.5 Å². The molecule has 0 aromatic carbocycles. The fraction of sp³-hybridized carbons (Fsp3) is 0.474. The average Bonchev–Trinajstić information content (AvgIpc) is 2.78. The van der Waals surface area contributed by atoms with E-state index in [1.165, 1.54) is 4.90 Å². The quantitative estimate of drug-likeness (QED) is 0.611. The maximum Gasteiger partial charge on any atom is 0.421 e. The van der Waals surface area contributed by atoms with E-state index in [1.807, 2.05) is 4.98 Å². The first-order chi connectivity index (χ1) is 15.9. The molecule has 34 heavy (non-hydrogen) atoms. The minimum Gasteiger partial charge on any atom is -0.443 e. The fourth-order valence-corrected chi connectivity index (χ4v) is 3.20. The molecule has 15 heteroatoms. The van der Waals surface area contributed by atoms with Gasteiger partial charge in [-0.1, -0.05) is 0 Å². The molecule has 2 aromatic rings. The smallest absolute Gasteiger partial charge is 0.421 e. The van der Waals surface area contributed by atoms with Gasteiger partial charge in [-0.2, -0.15) is 26.3 Å². The topological polar surface area (TPSA) is 112 Å². The first kappa shape index (κ1) is 25.3. The van der Waals surface area contributed by atoms with Gasteiger partial charge in [0.15, 0.2) is 0 Å². The van der Waals surface area contributed by atoms with Crippen molar-refractivity contribution in [3.8, 4) is 0 Å². The number of aliphatic hydroxyl groups is 1. The van der Waals surface area contributed by atoms with Gasteiger partial charge in [0.2, 0.25) is 5.95 Å². The minimum absolute atomic E-state index is 0.00282. The molecule has 9 nitrogen and oxygen atoms in total. The molecule has 0 spiro atoms. The van der Waals surface area contributed by atoms with Gasteiger partial charge in [-0.05, 0) is 11.6 Å². The Morgan fingerprint density at radius 3 is 2.24 bits per heavy atom. The largest absolute Gasteiger partial charge is 0.443 e. The third kappa shape index (κ3) is 6.15. The number of halogens is 6. The highest BCUT2D eigenvalue weighted by Crippen LogP contribution is 2.29. The van der Waals surface area contributed by atoms with Gasteiger partial charge in [0.25, 0.3) is 5.56 Å². The second kappa shape index (κ2) is 9.87. The van der Waals surface area contributed by atoms with E-state index in [0.717, 1.165) is 6.20 Å². The van der Waals surface area contributed by atoms with E-state index in [-0.39, 0.29) is 44.1 Å². The first-order valence-electron chi connectivity index (χ1n) is 9.88. The highest BCUT2D eigenvalue weighted by atomic mass is 19.4. The van der Waals surface area contributed by atoms with Crippen LogP contribution in [-0.4, -0.2) is 69.9 Å². The van der Waals surface area contributed by atoms with Crippen molar-refractivity contribution in [2.75, 3.05) is 37.7 Å². The lowest BCUT2D eigenvalue weighted by Gasteiger charge is -2.34. The van der Waals surface area contributed by atoms with Gasteiger partial charge in [-0.3, -0.25) is 4.79 Å². The fourth-order valence-electron chi connectivity index (χ4n) is 3.20. The number of nitrogens with zero attached hydrogens (tertiary/aromatic N) is 4. The Morgan fingerprint density at radius 1 is 1.09 bits per heavy atom. The molecule has 2 aromatic heterocycles. The predicted octanol–water partition coefficient (Wildman–Crippen LogP) is 2.06. The summed E-state index contributed by atoms with van der Waals surface area (Å²) in [4.78, 5) is 36.0. The highest BCUT2D eigenvalue weighted by molar-refractivity contribution is 5.68. The Labute approximate surface area is 188 Å². The van der Waals surface area contributed by atoms with E-state index in [1.54, 1.807) is 4.90 Å². The van der Waals surface area contributed by atoms with Crippen molar-refractivity contribution in [3.05, 3.63) is 51.7 Å². The number of rotatable bonds is 5. The Balaban J connectivity index is 1.56. The number of aromatic nitrogens is 3. The number of hydrogen-bond donors (Lipinski definition) is 2. The third-order valence-electron chi connectivity index (χ3n) is 4.99. The highest BCUT2D eigenvalue weighted by Gasteiger charge is 2.35. The van der Waals surface area contributed by atoms with Crippen LogP contribution in [0, 0.1) is 0 Å². The molecule has 2 N–H and O–H groups in total. The maximum absolute atomic E-state index is 12.9. The molecular weight excluding hydrogens is 476 g/mol. The van der Waals surface area contributed by atoms with E-state index in [4.69, 9.17) is 4.74 Å². The molecule has 0 radical (unpaired) electrons. The summed E-state index contributed by atoms with van der Waals surface area (Å²) in [5.41, 5.74) is -3.71. The molecule has 1 atom stereocenters. The van der Waals surface area contributed by atoms with Gasteiger partial charge >= 0.3 is 18.4 Å². The summed E-state index contributed by atoms with van der Waals surface area (Å²) >= 11 is 0. The molecule has 0 aliphatic carbocycles. The number of aliphatic hydroxyl groups excluding tert-OH is 1. The summed E-state index contributed by atoms with van der Waals surface area (Å²) in [5, 5.41) is 9.49. The molecule has 0 saturated carbocycles. The standard InChI is InChI=1S/C19H19F6N5O4/c20-18(21,22)12-8-27-16(28-9-12)29-1-3-30(4-2-29)17(33)34-13(10-31)5-11-6-14(19(23,24)25)15(32)26-7-11/h6-9,13,31H,1-5,10H2,(H,26,32)/t13-/m1/s1. The van der Waals surface area contributed by atoms with Crippen LogP contribution in [0.3, 0.4) is 0 Å². The van der Waals surface area contributed by atoms with Crippen LogP contribution in [0.5, 0.6) is 0 Å². The normalized spacial score (nSPS) is 15.9. The molecule has 1 saturated heterocycles. The average molecular weight is 495 g/mol. The van der Waals surface area contributed by atoms with Crippen molar-refractivity contribution in [1.29, 1.82) is 0 Å². The molecule has 1 aliphatic rings. The van der Waals surface area contributed by atoms with Crippen LogP contribution in [0.25, 0.3) is 0 Å². The summed E-state index contributed by atoms with van der Waals surface area (Å²) in [7, 11) is 0. The Hall–Kier alpha value is -3.36. The first-order valence-corrected chi connectivity index (χ1v) is 9.88. The molecule has 186 valence electrons. The van der Waals surface area contributed by atoms with Crippen LogP contribution in [0.2, 0.25) is 0 Å². The number of H-pyrrole nitrogens is 1. The van der Waals surface area contributed by atoms with Gasteiger partial charge in [-0.15, -0.1) is 0 Å². The van der Waals surface area contributed by atoms with E-state index in [2.05, 4.69) is 9.97 Å². The zero-order valence-corrected chi connectivity index (χ0v) is 17.4. The van der Waals surface area contributed by atoms with Crippen LogP contribution in [0.4, 0.5) is 37.1 Å². The lowest BCUT2D eigenvalue weighted by atomic mass is 10.1. The van der Waals surface area contributed by atoms with Crippen LogP contribution in [0.1, 0.15) is 16.7 Å². The molecule has 1 fully saturated rings. The molecular formula is C19H19F6N5O4. The van der Waals surface area contributed by atoms with E-state index in [9.17, 15) is 41.0 Å². The number of amides is 1. The van der Waals surface area contributed by atoms with Gasteiger partial charge in [-0.25, -0.2) is 14.8 Å². The molecule has 1 amide bonds. The van der Waals surface area contributed by atoms with E-state index in [0.29, 0.717) is 18.5 Å². The second-order valence-electron chi connectivity index (χ2n) is 7.38. The molecule has 3 heterocycles. The number of pyridine rings is 1. The zero-order chi connectivity index (χ0) is 25.1. The van der Waals surface area contributed by atoms with Crippen molar-refractivity contribution in [1.82, 2.24) is 19.9 Å². The molecule has 0 unspecified atom stereocenters. The number of carbonyl (C=O) groups is 1. The van der Waals surface area contributed by atoms with Gasteiger partial charge in [0, 0.05) is 51.2 Å². The Morgan fingerprint density at radius 2 is 1.71 bits per heavy atom. The summed E-state index contributed by atoms with van der Waals surface area (Å²) in [6.45, 7) is -0.0691. The monoisotopic (exact) mass is 495 g/mol. The number of carbonyl (C=O) groups excluding carboxylic acids is 1. The van der Waals surface area contributed by atoms with Crippen LogP contribution < -0.4 is 10.5 Å². The van der Waals surface area contributed by atoms with E-state index < -0.39 is 47.8 Å². The summed E-state index contributed by atoms with van der Waals surface area (Å²) in [6, 6.07) is 0.623. The van der Waals surface area contributed by atoms with Crippen molar-refractivity contribution in [3.63, 3.8) is 0 Å². The number of alkyl halides is 6. The molecule has 0 bridgehead atoms. The van der Waals surface area contributed by atoms with Gasteiger partial charge in [0.1, 0.15) is 11.7 Å². The lowest BCUT2D eigenvalue weighted by Crippen LogP contribution is -2.50.